The van der Waals surface area contributed by atoms with Crippen LogP contribution in [-0.2, 0) is 9.59 Å². The molecule has 184 valence electrons. The Balaban J connectivity index is 1.62. The first kappa shape index (κ1) is 24.1. The Bertz CT molecular complexity index is 1180. The molecule has 0 bridgehead atoms. The molecule has 4 aliphatic rings. The van der Waals surface area contributed by atoms with Gasteiger partial charge in [0.25, 0.3) is 0 Å². The molecule has 1 aromatic carbocycles. The summed E-state index contributed by atoms with van der Waals surface area (Å²) in [6.45, 7) is 5.97. The van der Waals surface area contributed by atoms with Crippen LogP contribution in [-0.4, -0.2) is 29.4 Å². The fourth-order valence-corrected chi connectivity index (χ4v) is 7.69. The van der Waals surface area contributed by atoms with E-state index in [0.717, 1.165) is 44.2 Å². The van der Waals surface area contributed by atoms with Gasteiger partial charge in [-0.05, 0) is 92.2 Å². The number of hydrogen-bond acceptors (Lipinski definition) is 3. The largest absolute Gasteiger partial charge is 0.377 e. The van der Waals surface area contributed by atoms with Gasteiger partial charge in [0.2, 0.25) is 5.91 Å². The Morgan fingerprint density at radius 2 is 1.91 bits per heavy atom. The molecule has 35 heavy (non-hydrogen) atoms. The zero-order valence-electron chi connectivity index (χ0n) is 21.5. The van der Waals surface area contributed by atoms with Crippen molar-refractivity contribution in [1.82, 2.24) is 0 Å². The van der Waals surface area contributed by atoms with E-state index >= 15 is 0 Å². The molecule has 0 radical (unpaired) electrons. The zero-order valence-corrected chi connectivity index (χ0v) is 21.5. The maximum Gasteiger partial charge on any atom is 0.226 e. The van der Waals surface area contributed by atoms with E-state index in [1.165, 1.54) is 22.3 Å². The Morgan fingerprint density at radius 3 is 2.60 bits per heavy atom. The molecule has 0 saturated heterocycles. The van der Waals surface area contributed by atoms with Crippen molar-refractivity contribution in [1.29, 1.82) is 0 Å². The fourth-order valence-electron chi connectivity index (χ4n) is 7.69. The first-order chi connectivity index (χ1) is 16.7. The minimum atomic E-state index is -0.965. The van der Waals surface area contributed by atoms with Gasteiger partial charge in [0.05, 0.1) is 0 Å². The van der Waals surface area contributed by atoms with Crippen LogP contribution < -0.4 is 4.90 Å². The van der Waals surface area contributed by atoms with Crippen LogP contribution in [0.1, 0.15) is 83.6 Å². The summed E-state index contributed by atoms with van der Waals surface area (Å²) >= 11 is 0. The molecule has 2 unspecified atom stereocenters. The lowest BCUT2D eigenvalue weighted by atomic mass is 9.51. The van der Waals surface area contributed by atoms with E-state index in [-0.39, 0.29) is 23.0 Å². The Kier molecular flexibility index (Phi) is 6.04. The van der Waals surface area contributed by atoms with E-state index in [9.17, 15) is 14.7 Å². The topological polar surface area (TPSA) is 57.6 Å². The number of ketones is 1. The average molecular weight is 472 g/mol. The van der Waals surface area contributed by atoms with E-state index < -0.39 is 5.60 Å². The van der Waals surface area contributed by atoms with Gasteiger partial charge in [0, 0.05) is 36.9 Å². The number of aliphatic hydroxyl groups is 1. The molecule has 0 aromatic heterocycles. The van der Waals surface area contributed by atoms with Crippen molar-refractivity contribution >= 4 is 17.4 Å². The second-order valence-corrected chi connectivity index (χ2v) is 11.2. The number of amides is 1. The summed E-state index contributed by atoms with van der Waals surface area (Å²) in [5.74, 6) is 7.59. The van der Waals surface area contributed by atoms with Crippen molar-refractivity contribution in [2.24, 2.45) is 17.3 Å². The van der Waals surface area contributed by atoms with Crippen molar-refractivity contribution < 1.29 is 14.7 Å². The number of carbonyl (C=O) groups is 2. The molecule has 0 aliphatic heterocycles. The van der Waals surface area contributed by atoms with Crippen molar-refractivity contribution in [3.8, 4) is 11.8 Å². The minimum Gasteiger partial charge on any atom is -0.377 e. The van der Waals surface area contributed by atoms with Gasteiger partial charge in [0.15, 0.2) is 5.78 Å². The van der Waals surface area contributed by atoms with Crippen LogP contribution in [0.15, 0.2) is 47.1 Å². The van der Waals surface area contributed by atoms with E-state index in [4.69, 9.17) is 0 Å². The van der Waals surface area contributed by atoms with Crippen molar-refractivity contribution in [3.63, 3.8) is 0 Å². The monoisotopic (exact) mass is 471 g/mol. The van der Waals surface area contributed by atoms with Gasteiger partial charge in [-0.2, -0.15) is 0 Å². The van der Waals surface area contributed by atoms with E-state index in [1.54, 1.807) is 4.90 Å². The van der Waals surface area contributed by atoms with Crippen molar-refractivity contribution in [2.75, 3.05) is 11.9 Å². The SMILES string of the molecule is CC#C[C@]1(O)CCC2C3CCC4=CC(=O)CCC4=C3[C@@H](c3ccc(N(C)C(=O)CC)cc3)C[C@@]21C. The molecule has 4 heteroatoms. The Morgan fingerprint density at radius 1 is 1.17 bits per heavy atom. The maximum atomic E-state index is 12.2. The van der Waals surface area contributed by atoms with Gasteiger partial charge in [-0.15, -0.1) is 5.92 Å². The van der Waals surface area contributed by atoms with Gasteiger partial charge in [-0.1, -0.05) is 37.5 Å². The summed E-state index contributed by atoms with van der Waals surface area (Å²) in [5.41, 5.74) is 5.05. The standard InChI is InChI=1S/C31H37NO3/c1-5-16-31(35)17-15-27-25-13-9-21-18-23(33)12-14-24(21)29(25)26(19-30(27,31)3)20-7-10-22(11-8-20)32(4)28(34)6-2/h7-8,10-11,18,25-27,35H,6,9,12-15,17,19H2,1-4H3/t25?,26-,27?,30+,31+/m1/s1. The molecule has 5 rings (SSSR count). The van der Waals surface area contributed by atoms with E-state index in [1.807, 2.05) is 39.1 Å². The molecule has 0 heterocycles. The number of carbonyl (C=O) groups excluding carboxylic acids is 2. The third-order valence-corrected chi connectivity index (χ3v) is 9.58. The normalized spacial score (nSPS) is 33.7. The molecule has 1 aromatic rings. The highest BCUT2D eigenvalue weighted by atomic mass is 16.3. The van der Waals surface area contributed by atoms with Gasteiger partial charge >= 0.3 is 0 Å². The summed E-state index contributed by atoms with van der Waals surface area (Å²) in [6, 6.07) is 8.43. The number of nitrogens with zero attached hydrogens (tertiary/aromatic N) is 1. The van der Waals surface area contributed by atoms with Crippen LogP contribution in [0.2, 0.25) is 0 Å². The highest BCUT2D eigenvalue weighted by molar-refractivity contribution is 5.93. The molecule has 4 nitrogen and oxygen atoms in total. The van der Waals surface area contributed by atoms with Crippen LogP contribution in [0, 0.1) is 29.1 Å². The number of fused-ring (bicyclic) bond motifs is 4. The predicted octanol–water partition coefficient (Wildman–Crippen LogP) is 5.71. The van der Waals surface area contributed by atoms with Crippen LogP contribution in [0.25, 0.3) is 0 Å². The lowest BCUT2D eigenvalue weighted by Gasteiger charge is -2.53. The third-order valence-electron chi connectivity index (χ3n) is 9.58. The fraction of sp³-hybridized carbons (Fsp3) is 0.548. The lowest BCUT2D eigenvalue weighted by molar-refractivity contribution is -0.118. The molecule has 2 saturated carbocycles. The van der Waals surface area contributed by atoms with Crippen LogP contribution in [0.3, 0.4) is 0 Å². The van der Waals surface area contributed by atoms with E-state index in [2.05, 4.69) is 30.9 Å². The molecule has 0 spiro atoms. The highest BCUT2D eigenvalue weighted by Gasteiger charge is 2.62. The van der Waals surface area contributed by atoms with Gasteiger partial charge < -0.3 is 10.0 Å². The highest BCUT2D eigenvalue weighted by Crippen LogP contribution is 2.66. The van der Waals surface area contributed by atoms with Crippen LogP contribution in [0.5, 0.6) is 0 Å². The molecule has 4 aliphatic carbocycles. The van der Waals surface area contributed by atoms with Crippen LogP contribution >= 0.6 is 0 Å². The predicted molar refractivity (Wildman–Crippen MR) is 139 cm³/mol. The zero-order chi connectivity index (χ0) is 25.0. The third kappa shape index (κ3) is 3.71. The quantitative estimate of drug-likeness (QED) is 0.574. The van der Waals surface area contributed by atoms with E-state index in [0.29, 0.717) is 24.7 Å². The van der Waals surface area contributed by atoms with Crippen LogP contribution in [0.4, 0.5) is 5.69 Å². The number of anilines is 1. The Labute approximate surface area is 209 Å². The summed E-state index contributed by atoms with van der Waals surface area (Å²) in [7, 11) is 1.83. The first-order valence-electron chi connectivity index (χ1n) is 13.2. The number of allylic oxidation sites excluding steroid dienone is 4. The molecular formula is C31H37NO3. The number of rotatable bonds is 3. The summed E-state index contributed by atoms with van der Waals surface area (Å²) in [5, 5.41) is 11.8. The maximum absolute atomic E-state index is 12.2. The minimum absolute atomic E-state index is 0.0962. The molecule has 5 atom stereocenters. The Hall–Kier alpha value is -2.64. The first-order valence-corrected chi connectivity index (χ1v) is 13.2. The van der Waals surface area contributed by atoms with Crippen molar-refractivity contribution in [3.05, 3.63) is 52.6 Å². The van der Waals surface area contributed by atoms with Gasteiger partial charge in [0.1, 0.15) is 5.60 Å². The molecule has 1 N–H and O–H groups in total. The summed E-state index contributed by atoms with van der Waals surface area (Å²) in [4.78, 5) is 26.2. The van der Waals surface area contributed by atoms with Crippen molar-refractivity contribution in [2.45, 2.75) is 83.7 Å². The van der Waals surface area contributed by atoms with Gasteiger partial charge in [-0.25, -0.2) is 0 Å². The smallest absolute Gasteiger partial charge is 0.226 e. The summed E-state index contributed by atoms with van der Waals surface area (Å²) < 4.78 is 0. The number of hydrogen-bond donors (Lipinski definition) is 1. The average Bonchev–Trinajstić information content (AvgIpc) is 3.12. The second-order valence-electron chi connectivity index (χ2n) is 11.2. The molecule has 2 fully saturated rings. The number of benzene rings is 1. The molecular weight excluding hydrogens is 434 g/mol. The second kappa shape index (κ2) is 8.79. The lowest BCUT2D eigenvalue weighted by Crippen LogP contribution is -2.51. The molecule has 1 amide bonds. The van der Waals surface area contributed by atoms with Gasteiger partial charge in [-0.3, -0.25) is 9.59 Å². The summed E-state index contributed by atoms with van der Waals surface area (Å²) in [6.07, 6.45) is 8.37.